The third-order valence-electron chi connectivity index (χ3n) is 4.15. The van der Waals surface area contributed by atoms with Gasteiger partial charge in [-0.2, -0.15) is 13.2 Å². The molecule has 1 aromatic carbocycles. The predicted octanol–water partition coefficient (Wildman–Crippen LogP) is 2.90. The molecule has 9 heteroatoms. The van der Waals surface area contributed by atoms with Crippen LogP contribution in [0.3, 0.4) is 0 Å². The van der Waals surface area contributed by atoms with E-state index in [1.54, 1.807) is 0 Å². The molecular weight excluding hydrogens is 355 g/mol. The zero-order chi connectivity index (χ0) is 19.3. The van der Waals surface area contributed by atoms with E-state index < -0.39 is 24.7 Å². The fourth-order valence-corrected chi connectivity index (χ4v) is 2.93. The first kappa shape index (κ1) is 20.2. The van der Waals surface area contributed by atoms with E-state index >= 15 is 0 Å². The molecule has 0 saturated carbocycles. The molecule has 0 N–H and O–H groups in total. The van der Waals surface area contributed by atoms with Gasteiger partial charge in [0.05, 0.1) is 21.3 Å². The van der Waals surface area contributed by atoms with Crippen LogP contribution in [0, 0.1) is 0 Å². The van der Waals surface area contributed by atoms with E-state index in [4.69, 9.17) is 18.9 Å². The number of rotatable bonds is 6. The van der Waals surface area contributed by atoms with Crippen LogP contribution in [0.2, 0.25) is 0 Å². The summed E-state index contributed by atoms with van der Waals surface area (Å²) in [4.78, 5) is 13.7. The van der Waals surface area contributed by atoms with Gasteiger partial charge in [0.2, 0.25) is 5.75 Å². The van der Waals surface area contributed by atoms with Crippen LogP contribution in [0.5, 0.6) is 17.2 Å². The quantitative estimate of drug-likeness (QED) is 0.763. The van der Waals surface area contributed by atoms with Crippen molar-refractivity contribution in [2.45, 2.75) is 25.1 Å². The molecule has 1 fully saturated rings. The smallest absolute Gasteiger partial charge is 0.406 e. The average molecular weight is 377 g/mol. The molecule has 1 saturated heterocycles. The molecule has 26 heavy (non-hydrogen) atoms. The Hall–Kier alpha value is -2.16. The van der Waals surface area contributed by atoms with E-state index in [2.05, 4.69) is 0 Å². The Morgan fingerprint density at radius 1 is 1.12 bits per heavy atom. The molecule has 1 aliphatic rings. The third-order valence-corrected chi connectivity index (χ3v) is 4.15. The summed E-state index contributed by atoms with van der Waals surface area (Å²) in [5.74, 6) is -0.0725. The number of alkyl halides is 3. The number of halogens is 3. The van der Waals surface area contributed by atoms with Crippen molar-refractivity contribution in [2.75, 3.05) is 41.1 Å². The van der Waals surface area contributed by atoms with E-state index in [-0.39, 0.29) is 22.8 Å². The number of methoxy groups -OCH3 is 3. The minimum absolute atomic E-state index is 0.0373. The van der Waals surface area contributed by atoms with Gasteiger partial charge in [0.15, 0.2) is 11.5 Å². The van der Waals surface area contributed by atoms with E-state index in [9.17, 15) is 18.0 Å². The van der Waals surface area contributed by atoms with Gasteiger partial charge < -0.3 is 23.8 Å². The number of hydrogen-bond donors (Lipinski definition) is 0. The molecular formula is C17H22F3NO5. The van der Waals surface area contributed by atoms with Gasteiger partial charge in [0.1, 0.15) is 6.54 Å². The van der Waals surface area contributed by atoms with Crippen LogP contribution in [-0.2, 0) is 4.74 Å². The second-order valence-electron chi connectivity index (χ2n) is 5.81. The van der Waals surface area contributed by atoms with Gasteiger partial charge >= 0.3 is 6.18 Å². The molecule has 146 valence electrons. The lowest BCUT2D eigenvalue weighted by Crippen LogP contribution is -2.47. The highest BCUT2D eigenvalue weighted by Crippen LogP contribution is 2.39. The summed E-state index contributed by atoms with van der Waals surface area (Å²) in [5, 5.41) is 0. The number of ether oxygens (including phenoxy) is 4. The topological polar surface area (TPSA) is 57.2 Å². The van der Waals surface area contributed by atoms with Crippen LogP contribution in [0.4, 0.5) is 13.2 Å². The molecule has 2 rings (SSSR count). The van der Waals surface area contributed by atoms with Crippen molar-refractivity contribution in [2.24, 2.45) is 0 Å². The van der Waals surface area contributed by atoms with Crippen LogP contribution in [0.15, 0.2) is 12.1 Å². The van der Waals surface area contributed by atoms with E-state index in [1.807, 2.05) is 0 Å². The van der Waals surface area contributed by atoms with Crippen molar-refractivity contribution in [3.05, 3.63) is 17.7 Å². The number of benzene rings is 1. The second kappa shape index (κ2) is 8.48. The second-order valence-corrected chi connectivity index (χ2v) is 5.81. The highest BCUT2D eigenvalue weighted by Gasteiger charge is 2.38. The van der Waals surface area contributed by atoms with Crippen LogP contribution in [-0.4, -0.2) is 64.1 Å². The molecule has 0 aromatic heterocycles. The summed E-state index contributed by atoms with van der Waals surface area (Å²) in [6.45, 7) is -0.684. The highest BCUT2D eigenvalue weighted by atomic mass is 19.4. The minimum Gasteiger partial charge on any atom is -0.493 e. The van der Waals surface area contributed by atoms with Crippen LogP contribution < -0.4 is 14.2 Å². The van der Waals surface area contributed by atoms with Crippen molar-refractivity contribution in [1.82, 2.24) is 4.90 Å². The van der Waals surface area contributed by atoms with Gasteiger partial charge in [-0.15, -0.1) is 0 Å². The number of carbonyl (C=O) groups excluding carboxylic acids is 1. The van der Waals surface area contributed by atoms with Crippen molar-refractivity contribution in [3.63, 3.8) is 0 Å². The molecule has 0 bridgehead atoms. The zero-order valence-electron chi connectivity index (χ0n) is 14.9. The molecule has 1 aromatic rings. The van der Waals surface area contributed by atoms with Gasteiger partial charge in [0.25, 0.3) is 5.91 Å². The van der Waals surface area contributed by atoms with Gasteiger partial charge in [-0.3, -0.25) is 4.79 Å². The maximum atomic E-state index is 13.1. The molecule has 0 radical (unpaired) electrons. The Morgan fingerprint density at radius 3 is 2.08 bits per heavy atom. The fraction of sp³-hybridized carbons (Fsp3) is 0.588. The number of nitrogens with zero attached hydrogens (tertiary/aromatic N) is 1. The van der Waals surface area contributed by atoms with Gasteiger partial charge in [-0.05, 0) is 25.0 Å². The summed E-state index contributed by atoms with van der Waals surface area (Å²) in [7, 11) is 4.15. The molecule has 1 heterocycles. The van der Waals surface area contributed by atoms with Crippen LogP contribution in [0.1, 0.15) is 23.2 Å². The maximum absolute atomic E-state index is 13.1. The summed E-state index contributed by atoms with van der Waals surface area (Å²) < 4.78 is 59.9. The van der Waals surface area contributed by atoms with Crippen LogP contribution >= 0.6 is 0 Å². The van der Waals surface area contributed by atoms with Gasteiger partial charge in [-0.1, -0.05) is 0 Å². The Balaban J connectivity index is 2.40. The number of amides is 1. The van der Waals surface area contributed by atoms with Crippen molar-refractivity contribution >= 4 is 5.91 Å². The Kier molecular flexibility index (Phi) is 6.57. The standard InChI is InChI=1S/C17H22F3NO5/c1-23-13-8-11(9-14(24-2)15(13)25-3)16(22)21(10-17(18,19)20)12-4-6-26-7-5-12/h8-9,12H,4-7,10H2,1-3H3. The minimum atomic E-state index is -4.51. The van der Waals surface area contributed by atoms with E-state index in [1.165, 1.54) is 33.5 Å². The first-order chi connectivity index (χ1) is 12.3. The SMILES string of the molecule is COc1cc(C(=O)N(CC(F)(F)F)C2CCOCC2)cc(OC)c1OC. The first-order valence-corrected chi connectivity index (χ1v) is 8.06. The van der Waals surface area contributed by atoms with Gasteiger partial charge in [0, 0.05) is 24.8 Å². The predicted molar refractivity (Wildman–Crippen MR) is 87.0 cm³/mol. The molecule has 0 aliphatic carbocycles. The van der Waals surface area contributed by atoms with Crippen molar-refractivity contribution < 1.29 is 36.9 Å². The average Bonchev–Trinajstić information content (AvgIpc) is 2.64. The largest absolute Gasteiger partial charge is 0.493 e. The molecule has 6 nitrogen and oxygen atoms in total. The summed E-state index contributed by atoms with van der Waals surface area (Å²) in [6.07, 6.45) is -3.80. The third kappa shape index (κ3) is 4.72. The normalized spacial score (nSPS) is 15.5. The summed E-state index contributed by atoms with van der Waals surface area (Å²) in [5.41, 5.74) is 0.0373. The fourth-order valence-electron chi connectivity index (χ4n) is 2.93. The lowest BCUT2D eigenvalue weighted by molar-refractivity contribution is -0.147. The molecule has 0 atom stereocenters. The summed E-state index contributed by atoms with van der Waals surface area (Å²) >= 11 is 0. The maximum Gasteiger partial charge on any atom is 0.406 e. The zero-order valence-corrected chi connectivity index (χ0v) is 14.9. The highest BCUT2D eigenvalue weighted by molar-refractivity contribution is 5.96. The molecule has 0 unspecified atom stereocenters. The van der Waals surface area contributed by atoms with E-state index in [0.717, 1.165) is 4.90 Å². The van der Waals surface area contributed by atoms with Crippen LogP contribution in [0.25, 0.3) is 0 Å². The molecule has 0 spiro atoms. The van der Waals surface area contributed by atoms with E-state index in [0.29, 0.717) is 26.1 Å². The molecule has 1 aliphatic heterocycles. The van der Waals surface area contributed by atoms with Gasteiger partial charge in [-0.25, -0.2) is 0 Å². The molecule has 1 amide bonds. The van der Waals surface area contributed by atoms with Crippen molar-refractivity contribution in [1.29, 1.82) is 0 Å². The Morgan fingerprint density at radius 2 is 1.65 bits per heavy atom. The number of hydrogen-bond acceptors (Lipinski definition) is 5. The Bertz CT molecular complexity index is 604. The monoisotopic (exact) mass is 377 g/mol. The lowest BCUT2D eigenvalue weighted by atomic mass is 10.0. The Labute approximate surface area is 149 Å². The summed E-state index contributed by atoms with van der Waals surface area (Å²) in [6, 6.07) is 2.16. The van der Waals surface area contributed by atoms with Crippen molar-refractivity contribution in [3.8, 4) is 17.2 Å². The lowest BCUT2D eigenvalue weighted by Gasteiger charge is -2.35. The first-order valence-electron chi connectivity index (χ1n) is 8.06. The number of carbonyl (C=O) groups is 1.